The quantitative estimate of drug-likeness (QED) is 0.526. The van der Waals surface area contributed by atoms with Gasteiger partial charge in [0.15, 0.2) is 5.13 Å². The number of amides is 1. The predicted molar refractivity (Wildman–Crippen MR) is 107 cm³/mol. The Morgan fingerprint density at radius 3 is 2.76 bits per heavy atom. The van der Waals surface area contributed by atoms with E-state index in [0.29, 0.717) is 15.2 Å². The van der Waals surface area contributed by atoms with Gasteiger partial charge in [-0.05, 0) is 23.8 Å². The molecule has 0 unspecified atom stereocenters. The first-order valence-electron chi connectivity index (χ1n) is 7.46. The molecule has 7 heteroatoms. The number of nitrogens with zero attached hydrogens (tertiary/aromatic N) is 1. The number of carbonyl (C=O) groups is 1. The molecule has 0 aliphatic rings. The van der Waals surface area contributed by atoms with Gasteiger partial charge in [0.25, 0.3) is 0 Å². The summed E-state index contributed by atoms with van der Waals surface area (Å²) in [6.07, 6.45) is 2.61. The van der Waals surface area contributed by atoms with Crippen molar-refractivity contribution in [2.75, 3.05) is 11.1 Å². The molecule has 0 aliphatic heterocycles. The van der Waals surface area contributed by atoms with Crippen LogP contribution in [0.1, 0.15) is 10.4 Å². The number of nitrogens with one attached hydrogen (secondary N) is 1. The number of hydrogen-bond donors (Lipinski definition) is 1. The van der Waals surface area contributed by atoms with E-state index >= 15 is 0 Å². The molecule has 3 aromatic rings. The first kappa shape index (κ1) is 18.3. The third kappa shape index (κ3) is 5.47. The minimum Gasteiger partial charge on any atom is -0.301 e. The van der Waals surface area contributed by atoms with E-state index in [9.17, 15) is 4.79 Å². The Hall–Kier alpha value is -1.53. The van der Waals surface area contributed by atoms with Gasteiger partial charge in [0.05, 0.1) is 10.8 Å². The van der Waals surface area contributed by atoms with Crippen molar-refractivity contribution in [3.8, 4) is 0 Å². The first-order chi connectivity index (χ1) is 12.1. The van der Waals surface area contributed by atoms with Crippen LogP contribution in [0.4, 0.5) is 5.13 Å². The van der Waals surface area contributed by atoms with Gasteiger partial charge in [-0.25, -0.2) is 4.98 Å². The summed E-state index contributed by atoms with van der Waals surface area (Å²) in [6.45, 7) is 0. The molecule has 0 saturated heterocycles. The fourth-order valence-corrected chi connectivity index (χ4v) is 4.29. The zero-order chi connectivity index (χ0) is 17.6. The van der Waals surface area contributed by atoms with Crippen LogP contribution in [0.3, 0.4) is 0 Å². The summed E-state index contributed by atoms with van der Waals surface area (Å²) in [5.74, 6) is 0.120. The Labute approximate surface area is 164 Å². The second-order valence-corrected chi connectivity index (χ2v) is 8.18. The van der Waals surface area contributed by atoms with Crippen molar-refractivity contribution in [3.63, 3.8) is 0 Å². The van der Waals surface area contributed by atoms with Crippen LogP contribution < -0.4 is 5.32 Å². The second-order valence-electron chi connectivity index (χ2n) is 5.21. The Balaban J connectivity index is 1.54. The van der Waals surface area contributed by atoms with Crippen LogP contribution >= 0.6 is 46.3 Å². The number of rotatable bonds is 6. The SMILES string of the molecule is O=C(CSc1cc(Cl)ccc1Cl)Nc1ncc(Cc2ccccc2)s1. The summed E-state index contributed by atoms with van der Waals surface area (Å²) in [5, 5.41) is 4.61. The van der Waals surface area contributed by atoms with E-state index in [4.69, 9.17) is 23.2 Å². The van der Waals surface area contributed by atoms with Gasteiger partial charge in [-0.15, -0.1) is 23.1 Å². The lowest BCUT2D eigenvalue weighted by Crippen LogP contribution is -2.13. The minimum atomic E-state index is -0.123. The van der Waals surface area contributed by atoms with Gasteiger partial charge in [-0.2, -0.15) is 0 Å². The van der Waals surface area contributed by atoms with E-state index in [-0.39, 0.29) is 11.7 Å². The molecule has 1 heterocycles. The third-order valence-corrected chi connectivity index (χ3v) is 5.92. The standard InChI is InChI=1S/C18H14Cl2N2OS2/c19-13-6-7-15(20)16(9-13)24-11-17(23)22-18-21-10-14(25-18)8-12-4-2-1-3-5-12/h1-7,9-10H,8,11H2,(H,21,22,23). The third-order valence-electron chi connectivity index (χ3n) is 3.27. The average Bonchev–Trinajstić information content (AvgIpc) is 3.03. The van der Waals surface area contributed by atoms with E-state index in [1.165, 1.54) is 28.7 Å². The van der Waals surface area contributed by atoms with Gasteiger partial charge in [0.1, 0.15) is 0 Å². The average molecular weight is 409 g/mol. The number of hydrogen-bond acceptors (Lipinski definition) is 4. The van der Waals surface area contributed by atoms with Crippen LogP contribution in [0, 0.1) is 0 Å². The number of carbonyl (C=O) groups excluding carboxylic acids is 1. The smallest absolute Gasteiger partial charge is 0.236 e. The van der Waals surface area contributed by atoms with Crippen LogP contribution in [0.2, 0.25) is 10.0 Å². The summed E-state index contributed by atoms with van der Waals surface area (Å²) < 4.78 is 0. The molecule has 0 radical (unpaired) electrons. The molecule has 1 N–H and O–H groups in total. The first-order valence-corrected chi connectivity index (χ1v) is 10.0. The van der Waals surface area contributed by atoms with Gasteiger partial charge >= 0.3 is 0 Å². The van der Waals surface area contributed by atoms with E-state index in [2.05, 4.69) is 22.4 Å². The predicted octanol–water partition coefficient (Wildman–Crippen LogP) is 5.77. The van der Waals surface area contributed by atoms with Crippen molar-refractivity contribution in [2.24, 2.45) is 0 Å². The minimum absolute atomic E-state index is 0.123. The van der Waals surface area contributed by atoms with E-state index < -0.39 is 0 Å². The van der Waals surface area contributed by atoms with Crippen LogP contribution in [0.5, 0.6) is 0 Å². The fourth-order valence-electron chi connectivity index (χ4n) is 2.13. The monoisotopic (exact) mass is 408 g/mol. The lowest BCUT2D eigenvalue weighted by Gasteiger charge is -2.04. The molecule has 0 fully saturated rings. The molecule has 3 nitrogen and oxygen atoms in total. The van der Waals surface area contributed by atoms with Crippen molar-refractivity contribution in [1.29, 1.82) is 0 Å². The second kappa shape index (κ2) is 8.72. The molecule has 2 aromatic carbocycles. The van der Waals surface area contributed by atoms with Crippen molar-refractivity contribution in [3.05, 3.63) is 75.2 Å². The van der Waals surface area contributed by atoms with Gasteiger partial charge in [-0.1, -0.05) is 53.5 Å². The zero-order valence-corrected chi connectivity index (χ0v) is 16.2. The molecule has 0 atom stereocenters. The number of benzene rings is 2. The molecule has 25 heavy (non-hydrogen) atoms. The number of thioether (sulfide) groups is 1. The molecule has 0 spiro atoms. The maximum absolute atomic E-state index is 12.1. The van der Waals surface area contributed by atoms with E-state index in [1.54, 1.807) is 24.4 Å². The summed E-state index contributed by atoms with van der Waals surface area (Å²) in [6, 6.07) is 15.4. The van der Waals surface area contributed by atoms with Crippen LogP contribution in [0.25, 0.3) is 0 Å². The Kier molecular flexibility index (Phi) is 6.37. The lowest BCUT2D eigenvalue weighted by molar-refractivity contribution is -0.113. The van der Waals surface area contributed by atoms with Gasteiger partial charge in [-0.3, -0.25) is 4.79 Å². The van der Waals surface area contributed by atoms with Crippen molar-refractivity contribution >= 4 is 57.3 Å². The lowest BCUT2D eigenvalue weighted by atomic mass is 10.1. The summed E-state index contributed by atoms with van der Waals surface area (Å²) in [5.41, 5.74) is 1.22. The molecular formula is C18H14Cl2N2OS2. The highest BCUT2D eigenvalue weighted by molar-refractivity contribution is 8.00. The molecule has 0 bridgehead atoms. The molecule has 3 rings (SSSR count). The fraction of sp³-hybridized carbons (Fsp3) is 0.111. The Morgan fingerprint density at radius 2 is 1.96 bits per heavy atom. The van der Waals surface area contributed by atoms with Crippen molar-refractivity contribution < 1.29 is 4.79 Å². The normalized spacial score (nSPS) is 10.6. The topological polar surface area (TPSA) is 42.0 Å². The highest BCUT2D eigenvalue weighted by Crippen LogP contribution is 2.30. The van der Waals surface area contributed by atoms with Crippen molar-refractivity contribution in [1.82, 2.24) is 4.98 Å². The summed E-state index contributed by atoms with van der Waals surface area (Å²) >= 11 is 14.9. The van der Waals surface area contributed by atoms with Gasteiger partial charge in [0, 0.05) is 27.4 Å². The highest BCUT2D eigenvalue weighted by atomic mass is 35.5. The molecule has 128 valence electrons. The summed E-state index contributed by atoms with van der Waals surface area (Å²) in [4.78, 5) is 18.3. The van der Waals surface area contributed by atoms with Crippen LogP contribution in [0.15, 0.2) is 59.6 Å². The number of thiazole rings is 1. The summed E-state index contributed by atoms with van der Waals surface area (Å²) in [7, 11) is 0. The zero-order valence-electron chi connectivity index (χ0n) is 13.0. The highest BCUT2D eigenvalue weighted by Gasteiger charge is 2.10. The largest absolute Gasteiger partial charge is 0.301 e. The Morgan fingerprint density at radius 1 is 1.16 bits per heavy atom. The van der Waals surface area contributed by atoms with Crippen molar-refractivity contribution in [2.45, 2.75) is 11.3 Å². The molecule has 0 saturated carbocycles. The maximum atomic E-state index is 12.1. The van der Waals surface area contributed by atoms with Crippen LogP contribution in [-0.4, -0.2) is 16.6 Å². The molecule has 1 aromatic heterocycles. The van der Waals surface area contributed by atoms with Gasteiger partial charge in [0.2, 0.25) is 5.91 Å². The van der Waals surface area contributed by atoms with Crippen LogP contribution in [-0.2, 0) is 11.2 Å². The molecule has 0 aliphatic carbocycles. The number of anilines is 1. The maximum Gasteiger partial charge on any atom is 0.236 e. The van der Waals surface area contributed by atoms with E-state index in [1.807, 2.05) is 18.2 Å². The number of aromatic nitrogens is 1. The number of halogens is 2. The molecular weight excluding hydrogens is 395 g/mol. The van der Waals surface area contributed by atoms with E-state index in [0.717, 1.165) is 16.2 Å². The Bertz CT molecular complexity index is 869. The van der Waals surface area contributed by atoms with Gasteiger partial charge < -0.3 is 5.32 Å². The molecule has 1 amide bonds.